The largest absolute Gasteiger partial charge is 0.461 e. The van der Waals surface area contributed by atoms with Gasteiger partial charge in [0.1, 0.15) is 6.54 Å². The quantitative estimate of drug-likeness (QED) is 0.701. The number of ether oxygens (including phenoxy) is 2. The lowest BCUT2D eigenvalue weighted by Crippen LogP contribution is -2.24. The van der Waals surface area contributed by atoms with Crippen LogP contribution < -0.4 is 5.32 Å². The summed E-state index contributed by atoms with van der Waals surface area (Å²) in [6, 6.07) is 7.39. The Morgan fingerprint density at radius 2 is 1.70 bits per heavy atom. The van der Waals surface area contributed by atoms with Crippen LogP contribution in [0.3, 0.4) is 0 Å². The SMILES string of the molecule is CCOC(=O)c1nnn(CC(=O)Nc2ccccc2CC)c1C(=O)OCC. The summed E-state index contributed by atoms with van der Waals surface area (Å²) in [6.07, 6.45) is 0.751. The minimum atomic E-state index is -0.802. The predicted molar refractivity (Wildman–Crippen MR) is 96.4 cm³/mol. The molecule has 9 heteroatoms. The molecule has 0 atom stereocenters. The zero-order chi connectivity index (χ0) is 19.8. The van der Waals surface area contributed by atoms with E-state index in [4.69, 9.17) is 9.47 Å². The minimum Gasteiger partial charge on any atom is -0.461 e. The van der Waals surface area contributed by atoms with Gasteiger partial charge in [-0.3, -0.25) is 4.79 Å². The van der Waals surface area contributed by atoms with Crippen molar-refractivity contribution in [2.75, 3.05) is 18.5 Å². The molecule has 2 aromatic rings. The number of nitrogens with zero attached hydrogens (tertiary/aromatic N) is 3. The number of aryl methyl sites for hydroxylation is 1. The van der Waals surface area contributed by atoms with Crippen LogP contribution in [0.25, 0.3) is 0 Å². The summed E-state index contributed by atoms with van der Waals surface area (Å²) in [5, 5.41) is 10.2. The molecule has 1 heterocycles. The third-order valence-electron chi connectivity index (χ3n) is 3.64. The molecular weight excluding hydrogens is 352 g/mol. The molecule has 27 heavy (non-hydrogen) atoms. The molecular formula is C18H22N4O5. The van der Waals surface area contributed by atoms with E-state index in [1.54, 1.807) is 19.9 Å². The van der Waals surface area contributed by atoms with E-state index < -0.39 is 17.8 Å². The third kappa shape index (κ3) is 4.90. The monoisotopic (exact) mass is 374 g/mol. The summed E-state index contributed by atoms with van der Waals surface area (Å²) < 4.78 is 10.9. The molecule has 1 N–H and O–H groups in total. The summed E-state index contributed by atoms with van der Waals surface area (Å²) in [5.74, 6) is -2.02. The summed E-state index contributed by atoms with van der Waals surface area (Å²) in [5.41, 5.74) is 1.15. The molecule has 0 aliphatic rings. The Bertz CT molecular complexity index is 831. The third-order valence-corrected chi connectivity index (χ3v) is 3.64. The molecule has 1 aromatic carbocycles. The minimum absolute atomic E-state index is 0.0996. The van der Waals surface area contributed by atoms with Gasteiger partial charge in [-0.2, -0.15) is 0 Å². The lowest BCUT2D eigenvalue weighted by molar-refractivity contribution is -0.117. The van der Waals surface area contributed by atoms with Crippen LogP contribution in [0, 0.1) is 0 Å². The van der Waals surface area contributed by atoms with Gasteiger partial charge in [0.15, 0.2) is 5.69 Å². The van der Waals surface area contributed by atoms with Gasteiger partial charge in [-0.05, 0) is 31.9 Å². The van der Waals surface area contributed by atoms with Gasteiger partial charge in [0.25, 0.3) is 0 Å². The molecule has 0 aliphatic carbocycles. The molecule has 0 bridgehead atoms. The fourth-order valence-corrected chi connectivity index (χ4v) is 2.44. The van der Waals surface area contributed by atoms with Gasteiger partial charge in [0.05, 0.1) is 13.2 Å². The number of amides is 1. The molecule has 1 aromatic heterocycles. The molecule has 144 valence electrons. The molecule has 0 fully saturated rings. The lowest BCUT2D eigenvalue weighted by Gasteiger charge is -2.10. The van der Waals surface area contributed by atoms with E-state index >= 15 is 0 Å². The molecule has 0 saturated carbocycles. The van der Waals surface area contributed by atoms with E-state index in [2.05, 4.69) is 15.6 Å². The van der Waals surface area contributed by atoms with Crippen molar-refractivity contribution in [2.24, 2.45) is 0 Å². The number of esters is 2. The summed E-state index contributed by atoms with van der Waals surface area (Å²) in [6.45, 7) is 5.14. The number of carbonyl (C=O) groups is 3. The maximum Gasteiger partial charge on any atom is 0.361 e. The maximum atomic E-state index is 12.4. The average molecular weight is 374 g/mol. The number of nitrogens with one attached hydrogen (secondary N) is 1. The van der Waals surface area contributed by atoms with Gasteiger partial charge in [0, 0.05) is 5.69 Å². The van der Waals surface area contributed by atoms with Crippen molar-refractivity contribution >= 4 is 23.5 Å². The Labute approximate surface area is 156 Å². The first-order chi connectivity index (χ1) is 13.0. The predicted octanol–water partition coefficient (Wildman–Crippen LogP) is 1.83. The highest BCUT2D eigenvalue weighted by molar-refractivity contribution is 6.01. The zero-order valence-electron chi connectivity index (χ0n) is 15.5. The fraction of sp³-hybridized carbons (Fsp3) is 0.389. The van der Waals surface area contributed by atoms with Gasteiger partial charge < -0.3 is 14.8 Å². The molecule has 2 rings (SSSR count). The Morgan fingerprint density at radius 1 is 1.04 bits per heavy atom. The van der Waals surface area contributed by atoms with Gasteiger partial charge in [-0.15, -0.1) is 5.10 Å². The van der Waals surface area contributed by atoms with Crippen LogP contribution in [-0.2, 0) is 27.2 Å². The second kappa shape index (κ2) is 9.46. The second-order valence-corrected chi connectivity index (χ2v) is 5.44. The van der Waals surface area contributed by atoms with Gasteiger partial charge in [0.2, 0.25) is 11.6 Å². The Kier molecular flexibility index (Phi) is 7.04. The van der Waals surface area contributed by atoms with Crippen molar-refractivity contribution in [1.82, 2.24) is 15.0 Å². The van der Waals surface area contributed by atoms with Crippen LogP contribution in [0.5, 0.6) is 0 Å². The first-order valence-corrected chi connectivity index (χ1v) is 8.67. The lowest BCUT2D eigenvalue weighted by atomic mass is 10.1. The van der Waals surface area contributed by atoms with Crippen molar-refractivity contribution in [3.8, 4) is 0 Å². The molecule has 0 unspecified atom stereocenters. The molecule has 0 saturated heterocycles. The van der Waals surface area contributed by atoms with Crippen LogP contribution >= 0.6 is 0 Å². The second-order valence-electron chi connectivity index (χ2n) is 5.44. The maximum absolute atomic E-state index is 12.4. The molecule has 0 radical (unpaired) electrons. The summed E-state index contributed by atoms with van der Waals surface area (Å²) >= 11 is 0. The van der Waals surface area contributed by atoms with Crippen molar-refractivity contribution in [2.45, 2.75) is 33.7 Å². The Morgan fingerprint density at radius 3 is 2.37 bits per heavy atom. The van der Waals surface area contributed by atoms with E-state index in [1.807, 2.05) is 25.1 Å². The fourth-order valence-electron chi connectivity index (χ4n) is 2.44. The zero-order valence-corrected chi connectivity index (χ0v) is 15.5. The van der Waals surface area contributed by atoms with E-state index in [9.17, 15) is 14.4 Å². The number of benzene rings is 1. The molecule has 0 spiro atoms. The molecule has 0 aliphatic heterocycles. The van der Waals surface area contributed by atoms with Gasteiger partial charge >= 0.3 is 11.9 Å². The standard InChI is InChI=1S/C18H22N4O5/c1-4-12-9-7-8-10-13(12)19-14(23)11-22-16(18(25)27-6-3)15(20-21-22)17(24)26-5-2/h7-10H,4-6,11H2,1-3H3,(H,19,23). The highest BCUT2D eigenvalue weighted by Crippen LogP contribution is 2.16. The number of hydrogen-bond donors (Lipinski definition) is 1. The summed E-state index contributed by atoms with van der Waals surface area (Å²) in [7, 11) is 0. The molecule has 9 nitrogen and oxygen atoms in total. The van der Waals surface area contributed by atoms with Crippen molar-refractivity contribution in [1.29, 1.82) is 0 Å². The normalized spacial score (nSPS) is 10.3. The number of anilines is 1. The van der Waals surface area contributed by atoms with Crippen LogP contribution in [0.4, 0.5) is 5.69 Å². The average Bonchev–Trinajstić information content (AvgIpc) is 3.06. The van der Waals surface area contributed by atoms with Gasteiger partial charge in [-0.25, -0.2) is 14.3 Å². The smallest absolute Gasteiger partial charge is 0.361 e. The van der Waals surface area contributed by atoms with E-state index in [0.29, 0.717) is 5.69 Å². The van der Waals surface area contributed by atoms with Crippen LogP contribution in [-0.4, -0.2) is 46.1 Å². The molecule has 1 amide bonds. The van der Waals surface area contributed by atoms with E-state index in [1.165, 1.54) is 0 Å². The highest BCUT2D eigenvalue weighted by Gasteiger charge is 2.28. The van der Waals surface area contributed by atoms with Crippen LogP contribution in [0.1, 0.15) is 47.3 Å². The Balaban J connectivity index is 2.25. The first-order valence-electron chi connectivity index (χ1n) is 8.67. The van der Waals surface area contributed by atoms with Crippen LogP contribution in [0.2, 0.25) is 0 Å². The summed E-state index contributed by atoms with van der Waals surface area (Å²) in [4.78, 5) is 36.7. The van der Waals surface area contributed by atoms with Crippen molar-refractivity contribution in [3.63, 3.8) is 0 Å². The van der Waals surface area contributed by atoms with Crippen LogP contribution in [0.15, 0.2) is 24.3 Å². The number of rotatable bonds is 8. The number of para-hydroxylation sites is 1. The number of aromatic nitrogens is 3. The number of hydrogen-bond acceptors (Lipinski definition) is 7. The Hall–Kier alpha value is -3.23. The van der Waals surface area contributed by atoms with E-state index in [-0.39, 0.29) is 31.1 Å². The van der Waals surface area contributed by atoms with Crippen molar-refractivity contribution < 1.29 is 23.9 Å². The van der Waals surface area contributed by atoms with E-state index in [0.717, 1.165) is 16.7 Å². The van der Waals surface area contributed by atoms with Crippen molar-refractivity contribution in [3.05, 3.63) is 41.2 Å². The number of carbonyl (C=O) groups excluding carboxylic acids is 3. The topological polar surface area (TPSA) is 112 Å². The first kappa shape index (κ1) is 20.1. The highest BCUT2D eigenvalue weighted by atomic mass is 16.5. The van der Waals surface area contributed by atoms with Gasteiger partial charge in [-0.1, -0.05) is 30.3 Å².